The van der Waals surface area contributed by atoms with E-state index in [4.69, 9.17) is 4.98 Å². The molecule has 3 aromatic rings. The summed E-state index contributed by atoms with van der Waals surface area (Å²) in [7, 11) is 0. The molecule has 2 heteroatoms. The molecular weight excluding hydrogens is 282 g/mol. The molecule has 4 rings (SSSR count). The lowest BCUT2D eigenvalue weighted by atomic mass is 9.75. The highest BCUT2D eigenvalue weighted by atomic mass is 16.1. The number of benzene rings is 2. The number of nitrogens with zero attached hydrogens (tertiary/aromatic N) is 1. The molecule has 0 unspecified atom stereocenters. The van der Waals surface area contributed by atoms with Crippen molar-refractivity contribution in [3.8, 4) is 11.3 Å². The van der Waals surface area contributed by atoms with Crippen molar-refractivity contribution in [1.82, 2.24) is 4.98 Å². The Morgan fingerprint density at radius 2 is 1.74 bits per heavy atom. The average molecular weight is 301 g/mol. The second-order valence-electron chi connectivity index (χ2n) is 6.97. The summed E-state index contributed by atoms with van der Waals surface area (Å²) in [6, 6.07) is 18.6. The van der Waals surface area contributed by atoms with E-state index in [0.29, 0.717) is 0 Å². The van der Waals surface area contributed by atoms with Crippen LogP contribution >= 0.6 is 0 Å². The van der Waals surface area contributed by atoms with Gasteiger partial charge in [-0.15, -0.1) is 0 Å². The summed E-state index contributed by atoms with van der Waals surface area (Å²) in [5.74, 6) is 0.219. The van der Waals surface area contributed by atoms with Crippen molar-refractivity contribution in [1.29, 1.82) is 0 Å². The normalized spacial score (nSPS) is 16.3. The molecule has 23 heavy (non-hydrogen) atoms. The Morgan fingerprint density at radius 3 is 2.57 bits per heavy atom. The topological polar surface area (TPSA) is 30.0 Å². The summed E-state index contributed by atoms with van der Waals surface area (Å²) < 4.78 is 0. The van der Waals surface area contributed by atoms with Crippen molar-refractivity contribution < 1.29 is 4.79 Å². The van der Waals surface area contributed by atoms with Crippen molar-refractivity contribution in [2.24, 2.45) is 5.41 Å². The predicted octanol–water partition coefficient (Wildman–Crippen LogP) is 5.06. The number of pyridine rings is 1. The summed E-state index contributed by atoms with van der Waals surface area (Å²) in [5.41, 5.74) is 3.52. The maximum absolute atomic E-state index is 12.5. The second-order valence-corrected chi connectivity index (χ2v) is 6.97. The molecule has 1 aromatic heterocycles. The third-order valence-electron chi connectivity index (χ3n) is 4.87. The van der Waals surface area contributed by atoms with Gasteiger partial charge < -0.3 is 0 Å². The van der Waals surface area contributed by atoms with Gasteiger partial charge in [-0.25, -0.2) is 0 Å². The number of fused-ring (bicyclic) bond motifs is 2. The molecular formula is C21H19NO. The zero-order valence-corrected chi connectivity index (χ0v) is 13.5. The number of carbonyl (C=O) groups is 1. The van der Waals surface area contributed by atoms with E-state index in [1.54, 1.807) is 0 Å². The lowest BCUT2D eigenvalue weighted by Gasteiger charge is -2.29. The molecule has 114 valence electrons. The Balaban J connectivity index is 1.79. The number of hydrogen-bond acceptors (Lipinski definition) is 2. The minimum absolute atomic E-state index is 0.219. The lowest BCUT2D eigenvalue weighted by molar-refractivity contribution is 0.0809. The quantitative estimate of drug-likeness (QED) is 0.629. The summed E-state index contributed by atoms with van der Waals surface area (Å²) in [4.78, 5) is 17.3. The van der Waals surface area contributed by atoms with Crippen LogP contribution in [0.25, 0.3) is 22.0 Å². The van der Waals surface area contributed by atoms with Gasteiger partial charge >= 0.3 is 0 Å². The molecule has 1 aliphatic rings. The molecule has 0 fully saturated rings. The molecule has 0 spiro atoms. The van der Waals surface area contributed by atoms with Crippen molar-refractivity contribution in [3.05, 3.63) is 65.9 Å². The Kier molecular flexibility index (Phi) is 3.08. The number of hydrogen-bond donors (Lipinski definition) is 0. The van der Waals surface area contributed by atoms with Gasteiger partial charge in [0, 0.05) is 16.5 Å². The van der Waals surface area contributed by atoms with E-state index in [2.05, 4.69) is 30.3 Å². The molecule has 2 aromatic carbocycles. The van der Waals surface area contributed by atoms with Crippen LogP contribution in [0.15, 0.2) is 54.6 Å². The van der Waals surface area contributed by atoms with Gasteiger partial charge in [0.1, 0.15) is 0 Å². The molecule has 1 heterocycles. The Hall–Kier alpha value is -2.48. The Bertz CT molecular complexity index is 924. The zero-order valence-electron chi connectivity index (χ0n) is 13.5. The number of rotatable bonds is 1. The number of aryl methyl sites for hydroxylation is 1. The highest BCUT2D eigenvalue weighted by molar-refractivity contribution is 6.02. The van der Waals surface area contributed by atoms with Gasteiger partial charge in [-0.3, -0.25) is 9.78 Å². The van der Waals surface area contributed by atoms with Crippen LogP contribution in [0.5, 0.6) is 0 Å². The van der Waals surface area contributed by atoms with Gasteiger partial charge in [0.15, 0.2) is 5.78 Å². The van der Waals surface area contributed by atoms with E-state index < -0.39 is 0 Å². The average Bonchev–Trinajstić information content (AvgIpc) is 2.58. The van der Waals surface area contributed by atoms with Crippen molar-refractivity contribution in [2.45, 2.75) is 26.7 Å². The minimum Gasteiger partial charge on any atom is -0.294 e. The molecule has 0 saturated heterocycles. The first-order valence-electron chi connectivity index (χ1n) is 8.08. The van der Waals surface area contributed by atoms with Gasteiger partial charge in [-0.1, -0.05) is 50.2 Å². The molecule has 0 radical (unpaired) electrons. The predicted molar refractivity (Wildman–Crippen MR) is 93.6 cm³/mol. The van der Waals surface area contributed by atoms with Crippen LogP contribution in [0.2, 0.25) is 0 Å². The van der Waals surface area contributed by atoms with E-state index in [1.807, 2.05) is 38.1 Å². The fourth-order valence-corrected chi connectivity index (χ4v) is 3.32. The summed E-state index contributed by atoms with van der Waals surface area (Å²) in [5, 5.41) is 2.44. The van der Waals surface area contributed by atoms with Crippen molar-refractivity contribution >= 4 is 16.6 Å². The number of ketones is 1. The molecule has 0 N–H and O–H groups in total. The molecule has 0 aliphatic heterocycles. The first-order chi connectivity index (χ1) is 11.0. The summed E-state index contributed by atoms with van der Waals surface area (Å²) >= 11 is 0. The Morgan fingerprint density at radius 1 is 0.957 bits per heavy atom. The monoisotopic (exact) mass is 301 g/mol. The highest BCUT2D eigenvalue weighted by Gasteiger charge is 2.34. The second kappa shape index (κ2) is 5.02. The Labute approximate surface area is 136 Å². The summed E-state index contributed by atoms with van der Waals surface area (Å²) in [6.45, 7) is 4.05. The van der Waals surface area contributed by atoms with Gasteiger partial charge in [-0.05, 0) is 41.8 Å². The fourth-order valence-electron chi connectivity index (χ4n) is 3.32. The molecule has 1 aliphatic carbocycles. The fraction of sp³-hybridized carbons (Fsp3) is 0.238. The SMILES string of the molecule is CC1(C)CCc2nc(-c3ccc4ccccc4c3)ccc2C1=O. The van der Waals surface area contributed by atoms with Crippen LogP contribution in [0.1, 0.15) is 36.3 Å². The maximum Gasteiger partial charge on any atom is 0.170 e. The highest BCUT2D eigenvalue weighted by Crippen LogP contribution is 2.35. The van der Waals surface area contributed by atoms with Crippen LogP contribution in [0.3, 0.4) is 0 Å². The zero-order chi connectivity index (χ0) is 16.0. The third kappa shape index (κ3) is 2.35. The first-order valence-corrected chi connectivity index (χ1v) is 8.08. The largest absolute Gasteiger partial charge is 0.294 e. The van der Waals surface area contributed by atoms with Crippen molar-refractivity contribution in [2.75, 3.05) is 0 Å². The summed E-state index contributed by atoms with van der Waals surface area (Å²) in [6.07, 6.45) is 1.74. The molecule has 0 amide bonds. The van der Waals surface area contributed by atoms with E-state index in [9.17, 15) is 4.79 Å². The van der Waals surface area contributed by atoms with Gasteiger partial charge in [0.05, 0.1) is 11.4 Å². The van der Waals surface area contributed by atoms with Crippen molar-refractivity contribution in [3.63, 3.8) is 0 Å². The lowest BCUT2D eigenvalue weighted by Crippen LogP contribution is -2.31. The maximum atomic E-state index is 12.5. The third-order valence-corrected chi connectivity index (χ3v) is 4.87. The van der Waals surface area contributed by atoms with Gasteiger partial charge in [0.25, 0.3) is 0 Å². The van der Waals surface area contributed by atoms with Gasteiger partial charge in [0.2, 0.25) is 0 Å². The molecule has 0 saturated carbocycles. The number of carbonyl (C=O) groups excluding carboxylic acids is 1. The standard InChI is InChI=1S/C21H19NO/c1-21(2)12-11-19-17(20(21)23)9-10-18(22-19)16-8-7-14-5-3-4-6-15(14)13-16/h3-10,13H,11-12H2,1-2H3. The van der Waals surface area contributed by atoms with E-state index in [-0.39, 0.29) is 11.2 Å². The van der Waals surface area contributed by atoms with Crippen LogP contribution < -0.4 is 0 Å². The van der Waals surface area contributed by atoms with Crippen LogP contribution in [0.4, 0.5) is 0 Å². The first kappa shape index (κ1) is 14.1. The molecule has 2 nitrogen and oxygen atoms in total. The van der Waals surface area contributed by atoms with Gasteiger partial charge in [-0.2, -0.15) is 0 Å². The smallest absolute Gasteiger partial charge is 0.170 e. The van der Waals surface area contributed by atoms with Crippen LogP contribution in [0, 0.1) is 5.41 Å². The van der Waals surface area contributed by atoms with Crippen LogP contribution in [-0.2, 0) is 6.42 Å². The number of Topliss-reactive ketones (excluding diaryl/α,β-unsaturated/α-hetero) is 1. The molecule has 0 bridgehead atoms. The molecule has 0 atom stereocenters. The minimum atomic E-state index is -0.265. The number of aromatic nitrogens is 1. The van der Waals surface area contributed by atoms with Crippen LogP contribution in [-0.4, -0.2) is 10.8 Å². The van der Waals surface area contributed by atoms with E-state index in [0.717, 1.165) is 35.4 Å². The van der Waals surface area contributed by atoms with E-state index >= 15 is 0 Å². The van der Waals surface area contributed by atoms with E-state index in [1.165, 1.54) is 10.8 Å².